The van der Waals surface area contributed by atoms with Crippen molar-refractivity contribution >= 4 is 11.6 Å². The van der Waals surface area contributed by atoms with Crippen LogP contribution in [0.3, 0.4) is 0 Å². The van der Waals surface area contributed by atoms with E-state index < -0.39 is 5.82 Å². The number of nitrogens with one attached hydrogen (secondary N) is 2. The van der Waals surface area contributed by atoms with Gasteiger partial charge in [-0.15, -0.1) is 0 Å². The molecule has 5 heteroatoms. The maximum absolute atomic E-state index is 13.4. The van der Waals surface area contributed by atoms with Crippen molar-refractivity contribution in [1.29, 1.82) is 0 Å². The van der Waals surface area contributed by atoms with Gasteiger partial charge in [0.05, 0.1) is 13.0 Å². The number of rotatable bonds is 8. The Morgan fingerprint density at radius 1 is 1.17 bits per heavy atom. The van der Waals surface area contributed by atoms with Crippen molar-refractivity contribution in [3.63, 3.8) is 0 Å². The highest BCUT2D eigenvalue weighted by Gasteiger charge is 2.06. The second-order valence-electron chi connectivity index (χ2n) is 5.06. The van der Waals surface area contributed by atoms with Gasteiger partial charge in [-0.3, -0.25) is 4.79 Å². The second-order valence-corrected chi connectivity index (χ2v) is 5.06. The van der Waals surface area contributed by atoms with E-state index in [0.29, 0.717) is 0 Å². The van der Waals surface area contributed by atoms with Crippen LogP contribution in [0.5, 0.6) is 5.75 Å². The zero-order chi connectivity index (χ0) is 16.5. The Morgan fingerprint density at radius 3 is 2.78 bits per heavy atom. The summed E-state index contributed by atoms with van der Waals surface area (Å²) in [4.78, 5) is 11.9. The fourth-order valence-electron chi connectivity index (χ4n) is 2.07. The first-order valence-corrected chi connectivity index (χ1v) is 7.66. The van der Waals surface area contributed by atoms with Crippen molar-refractivity contribution in [3.05, 3.63) is 59.9 Å². The number of hydrogen-bond donors (Lipinski definition) is 2. The molecule has 0 aliphatic heterocycles. The molecule has 0 heterocycles. The number of anilines is 1. The van der Waals surface area contributed by atoms with Crippen LogP contribution in [0.25, 0.3) is 0 Å². The molecule has 0 fully saturated rings. The van der Waals surface area contributed by atoms with Crippen LogP contribution in [0.4, 0.5) is 10.1 Å². The SMILES string of the molecule is CCNCc1cccc(NC(=O)CCOc2ccccc2F)c1. The molecule has 2 N–H and O–H groups in total. The Balaban J connectivity index is 1.79. The first-order valence-electron chi connectivity index (χ1n) is 7.66. The lowest BCUT2D eigenvalue weighted by molar-refractivity contribution is -0.116. The zero-order valence-electron chi connectivity index (χ0n) is 13.1. The van der Waals surface area contributed by atoms with Gasteiger partial charge in [0.15, 0.2) is 11.6 Å². The number of amides is 1. The molecule has 0 aliphatic rings. The van der Waals surface area contributed by atoms with Gasteiger partial charge in [-0.25, -0.2) is 4.39 Å². The molecule has 2 aromatic rings. The maximum Gasteiger partial charge on any atom is 0.227 e. The number of hydrogen-bond acceptors (Lipinski definition) is 3. The van der Waals surface area contributed by atoms with Crippen LogP contribution in [-0.4, -0.2) is 19.1 Å². The summed E-state index contributed by atoms with van der Waals surface area (Å²) in [7, 11) is 0. The van der Waals surface area contributed by atoms with Crippen molar-refractivity contribution in [3.8, 4) is 5.75 Å². The molecule has 0 unspecified atom stereocenters. The molecule has 0 aromatic heterocycles. The van der Waals surface area contributed by atoms with Crippen molar-refractivity contribution in [1.82, 2.24) is 5.32 Å². The van der Waals surface area contributed by atoms with E-state index in [-0.39, 0.29) is 24.7 Å². The highest BCUT2D eigenvalue weighted by molar-refractivity contribution is 5.90. The monoisotopic (exact) mass is 316 g/mol. The van der Waals surface area contributed by atoms with Crippen LogP contribution >= 0.6 is 0 Å². The molecule has 0 atom stereocenters. The van der Waals surface area contributed by atoms with Gasteiger partial charge in [-0.05, 0) is 36.4 Å². The molecule has 2 aromatic carbocycles. The summed E-state index contributed by atoms with van der Waals surface area (Å²) in [5.74, 6) is -0.432. The van der Waals surface area contributed by atoms with E-state index in [4.69, 9.17) is 4.74 Å². The van der Waals surface area contributed by atoms with Gasteiger partial charge < -0.3 is 15.4 Å². The smallest absolute Gasteiger partial charge is 0.227 e. The van der Waals surface area contributed by atoms with Crippen molar-refractivity contribution < 1.29 is 13.9 Å². The summed E-state index contributed by atoms with van der Waals surface area (Å²) in [6.07, 6.45) is 0.159. The molecule has 0 radical (unpaired) electrons. The van der Waals surface area contributed by atoms with E-state index in [0.717, 1.165) is 24.3 Å². The molecule has 122 valence electrons. The fraction of sp³-hybridized carbons (Fsp3) is 0.278. The lowest BCUT2D eigenvalue weighted by Crippen LogP contribution is -2.16. The third-order valence-electron chi connectivity index (χ3n) is 3.21. The van der Waals surface area contributed by atoms with Crippen LogP contribution in [0.2, 0.25) is 0 Å². The van der Waals surface area contributed by atoms with E-state index in [1.165, 1.54) is 12.1 Å². The molecule has 4 nitrogen and oxygen atoms in total. The Hall–Kier alpha value is -2.40. The summed E-state index contributed by atoms with van der Waals surface area (Å²) >= 11 is 0. The van der Waals surface area contributed by atoms with Crippen LogP contribution in [0.1, 0.15) is 18.9 Å². The first-order chi connectivity index (χ1) is 11.2. The topological polar surface area (TPSA) is 50.4 Å². The van der Waals surface area contributed by atoms with Gasteiger partial charge in [0.25, 0.3) is 0 Å². The zero-order valence-corrected chi connectivity index (χ0v) is 13.1. The minimum absolute atomic E-state index is 0.129. The third kappa shape index (κ3) is 5.71. The summed E-state index contributed by atoms with van der Waals surface area (Å²) < 4.78 is 18.7. The van der Waals surface area contributed by atoms with E-state index in [1.807, 2.05) is 31.2 Å². The third-order valence-corrected chi connectivity index (χ3v) is 3.21. The Bertz CT molecular complexity index is 646. The molecule has 1 amide bonds. The Morgan fingerprint density at radius 2 is 2.00 bits per heavy atom. The molecular weight excluding hydrogens is 295 g/mol. The number of para-hydroxylation sites is 1. The van der Waals surface area contributed by atoms with Crippen LogP contribution in [-0.2, 0) is 11.3 Å². The van der Waals surface area contributed by atoms with Gasteiger partial charge >= 0.3 is 0 Å². The van der Waals surface area contributed by atoms with Gasteiger partial charge in [0, 0.05) is 12.2 Å². The predicted molar refractivity (Wildman–Crippen MR) is 89.0 cm³/mol. The van der Waals surface area contributed by atoms with Gasteiger partial charge in [-0.2, -0.15) is 0 Å². The van der Waals surface area contributed by atoms with Gasteiger partial charge in [0.2, 0.25) is 5.91 Å². The normalized spacial score (nSPS) is 10.3. The van der Waals surface area contributed by atoms with E-state index >= 15 is 0 Å². The number of carbonyl (C=O) groups is 1. The maximum atomic E-state index is 13.4. The molecule has 0 spiro atoms. The van der Waals surface area contributed by atoms with Crippen LogP contribution < -0.4 is 15.4 Å². The molecule has 0 aliphatic carbocycles. The lowest BCUT2D eigenvalue weighted by atomic mass is 10.2. The average Bonchev–Trinajstić information content (AvgIpc) is 2.55. The lowest BCUT2D eigenvalue weighted by Gasteiger charge is -2.09. The first kappa shape index (κ1) is 17.0. The van der Waals surface area contributed by atoms with Crippen molar-refractivity contribution in [2.45, 2.75) is 19.9 Å². The Kier molecular flexibility index (Phi) is 6.56. The van der Waals surface area contributed by atoms with E-state index in [1.54, 1.807) is 12.1 Å². The van der Waals surface area contributed by atoms with E-state index in [2.05, 4.69) is 10.6 Å². The number of benzene rings is 2. The summed E-state index contributed by atoms with van der Waals surface area (Å²) in [5.41, 5.74) is 1.85. The largest absolute Gasteiger partial charge is 0.490 e. The number of ether oxygens (including phenoxy) is 1. The summed E-state index contributed by atoms with van der Waals surface area (Å²) in [5, 5.41) is 6.05. The second kappa shape index (κ2) is 8.90. The summed E-state index contributed by atoms with van der Waals surface area (Å²) in [6, 6.07) is 13.8. The highest BCUT2D eigenvalue weighted by Crippen LogP contribution is 2.16. The molecule has 0 bridgehead atoms. The quantitative estimate of drug-likeness (QED) is 0.785. The van der Waals surface area contributed by atoms with Crippen molar-refractivity contribution in [2.75, 3.05) is 18.5 Å². The predicted octanol–water partition coefficient (Wildman–Crippen LogP) is 3.34. The molecule has 23 heavy (non-hydrogen) atoms. The average molecular weight is 316 g/mol. The van der Waals surface area contributed by atoms with Gasteiger partial charge in [0.1, 0.15) is 0 Å². The minimum atomic E-state index is -0.427. The molecule has 0 saturated carbocycles. The number of carbonyl (C=O) groups excluding carboxylic acids is 1. The van der Waals surface area contributed by atoms with Crippen LogP contribution in [0.15, 0.2) is 48.5 Å². The van der Waals surface area contributed by atoms with Gasteiger partial charge in [-0.1, -0.05) is 31.2 Å². The number of halogens is 1. The summed E-state index contributed by atoms with van der Waals surface area (Å²) in [6.45, 7) is 3.83. The Labute approximate surface area is 135 Å². The minimum Gasteiger partial charge on any atom is -0.490 e. The molecule has 2 rings (SSSR count). The molecular formula is C18H21FN2O2. The fourth-order valence-corrected chi connectivity index (χ4v) is 2.07. The highest BCUT2D eigenvalue weighted by atomic mass is 19.1. The molecule has 0 saturated heterocycles. The van der Waals surface area contributed by atoms with Crippen LogP contribution in [0, 0.1) is 5.82 Å². The van der Waals surface area contributed by atoms with E-state index in [9.17, 15) is 9.18 Å². The standard InChI is InChI=1S/C18H21FN2O2/c1-2-20-13-14-6-5-7-15(12-14)21-18(22)10-11-23-17-9-4-3-8-16(17)19/h3-9,12,20H,2,10-11,13H2,1H3,(H,21,22). The van der Waals surface area contributed by atoms with Crippen molar-refractivity contribution in [2.24, 2.45) is 0 Å².